The number of fused-ring (bicyclic) bond motifs is 5. The van der Waals surface area contributed by atoms with Crippen LogP contribution in [0.15, 0.2) is 58.5 Å². The molecule has 5 rings (SSSR count). The number of ether oxygens (including phenoxy) is 4. The number of allylic oxidation sites excluding steroid dienone is 3. The van der Waals surface area contributed by atoms with E-state index >= 15 is 0 Å². The molecular weight excluding hydrogens is 620 g/mol. The Bertz CT molecular complexity index is 1480. The summed E-state index contributed by atoms with van der Waals surface area (Å²) in [5.74, 6) is 0.277. The van der Waals surface area contributed by atoms with Crippen LogP contribution in [0.25, 0.3) is 0 Å². The molecule has 0 aliphatic heterocycles. The Balaban J connectivity index is 1.48. The Labute approximate surface area is 280 Å². The Morgan fingerprint density at radius 3 is 2.23 bits per heavy atom. The Hall–Kier alpha value is -2.85. The van der Waals surface area contributed by atoms with Crippen molar-refractivity contribution < 1.29 is 42.1 Å². The van der Waals surface area contributed by atoms with E-state index in [9.17, 15) is 23.1 Å². The highest BCUT2D eigenvalue weighted by atomic mass is 32.2. The van der Waals surface area contributed by atoms with Crippen molar-refractivity contribution in [2.24, 2.45) is 40.4 Å². The maximum Gasteiger partial charge on any atom is 0.508 e. The molecule has 10 atom stereocenters. The fourth-order valence-electron chi connectivity index (χ4n) is 9.97. The number of carbonyl (C=O) groups is 2. The third-order valence-corrected chi connectivity index (χ3v) is 14.6. The Kier molecular flexibility index (Phi) is 10.2. The van der Waals surface area contributed by atoms with E-state index in [0.29, 0.717) is 19.3 Å². The Morgan fingerprint density at radius 1 is 0.936 bits per heavy atom. The molecule has 0 amide bonds. The topological polar surface area (TPSA) is 125 Å². The van der Waals surface area contributed by atoms with Crippen LogP contribution in [0.5, 0.6) is 0 Å². The molecule has 1 aromatic carbocycles. The van der Waals surface area contributed by atoms with Crippen LogP contribution in [-0.4, -0.2) is 63.6 Å². The summed E-state index contributed by atoms with van der Waals surface area (Å²) in [5, 5.41) is 10.6. The smallest absolute Gasteiger partial charge is 0.438 e. The number of aliphatic hydroxyl groups is 1. The number of rotatable bonds is 9. The first-order valence-electron chi connectivity index (χ1n) is 17.1. The lowest BCUT2D eigenvalue weighted by molar-refractivity contribution is -0.0833. The summed E-state index contributed by atoms with van der Waals surface area (Å²) in [5.41, 5.74) is 1.69. The van der Waals surface area contributed by atoms with Crippen LogP contribution in [0.1, 0.15) is 79.6 Å². The van der Waals surface area contributed by atoms with Gasteiger partial charge in [-0.3, -0.25) is 0 Å². The summed E-state index contributed by atoms with van der Waals surface area (Å²) in [6, 6.07) is 8.55. The maximum absolute atomic E-state index is 14.2. The molecule has 3 fully saturated rings. The van der Waals surface area contributed by atoms with Crippen LogP contribution in [0.2, 0.25) is 0 Å². The number of benzene rings is 1. The molecule has 0 spiro atoms. The van der Waals surface area contributed by atoms with Crippen LogP contribution in [-0.2, 0) is 28.8 Å². The molecule has 2 unspecified atom stereocenters. The van der Waals surface area contributed by atoms with E-state index in [-0.39, 0.29) is 39.9 Å². The van der Waals surface area contributed by atoms with Gasteiger partial charge in [0.15, 0.2) is 9.84 Å². The van der Waals surface area contributed by atoms with Crippen molar-refractivity contribution >= 4 is 22.1 Å². The number of hydrogen-bond acceptors (Lipinski definition) is 9. The summed E-state index contributed by atoms with van der Waals surface area (Å²) in [6.07, 6.45) is 5.49. The lowest BCUT2D eigenvalue weighted by atomic mass is 9.49. The lowest BCUT2D eigenvalue weighted by Gasteiger charge is -2.57. The largest absolute Gasteiger partial charge is 0.508 e. The third kappa shape index (κ3) is 6.36. The molecule has 1 N–H and O–H groups in total. The molecule has 260 valence electrons. The van der Waals surface area contributed by atoms with E-state index in [1.54, 1.807) is 30.3 Å². The van der Waals surface area contributed by atoms with E-state index in [0.717, 1.165) is 31.3 Å². The predicted molar refractivity (Wildman–Crippen MR) is 177 cm³/mol. The highest BCUT2D eigenvalue weighted by Gasteiger charge is 2.61. The molecule has 0 aromatic heterocycles. The highest BCUT2D eigenvalue weighted by Crippen LogP contribution is 2.66. The molecule has 0 heterocycles. The summed E-state index contributed by atoms with van der Waals surface area (Å²) in [4.78, 5) is 24.7. The second-order valence-electron chi connectivity index (χ2n) is 15.0. The van der Waals surface area contributed by atoms with Gasteiger partial charge in [-0.2, -0.15) is 0 Å². The van der Waals surface area contributed by atoms with Gasteiger partial charge in [-0.1, -0.05) is 76.1 Å². The SMILES string of the molecule is COC(=O)O[C@H]1CC2=CC=C3[C@@H]4CC[C@H]([C@H](C)C(C(O)CC(C)C)S(=O)(=O)c5ccccc5)[C@@]4(C)CC[C@@H]3[C@@]2(C)[C@@H](OC(=O)OC)C1. The molecular formula is C37H52O9S. The van der Waals surface area contributed by atoms with E-state index in [2.05, 4.69) is 26.0 Å². The second kappa shape index (κ2) is 13.6. The zero-order valence-corrected chi connectivity index (χ0v) is 29.6. The molecule has 9 nitrogen and oxygen atoms in total. The number of methoxy groups -OCH3 is 2. The average Bonchev–Trinajstić information content (AvgIpc) is 3.38. The fraction of sp³-hybridized carbons (Fsp3) is 0.676. The summed E-state index contributed by atoms with van der Waals surface area (Å²) >= 11 is 0. The van der Waals surface area contributed by atoms with Crippen LogP contribution in [0.4, 0.5) is 9.59 Å². The molecule has 4 aliphatic rings. The van der Waals surface area contributed by atoms with Crippen molar-refractivity contribution in [2.45, 2.75) is 108 Å². The summed E-state index contributed by atoms with van der Waals surface area (Å²) in [6.45, 7) is 10.5. The van der Waals surface area contributed by atoms with Gasteiger partial charge in [-0.05, 0) is 79.2 Å². The number of hydrogen-bond donors (Lipinski definition) is 1. The Morgan fingerprint density at radius 2 is 1.60 bits per heavy atom. The zero-order valence-electron chi connectivity index (χ0n) is 28.8. The van der Waals surface area contributed by atoms with Gasteiger partial charge in [0.1, 0.15) is 12.2 Å². The van der Waals surface area contributed by atoms with Gasteiger partial charge in [0.05, 0.1) is 30.5 Å². The summed E-state index contributed by atoms with van der Waals surface area (Å²) < 4.78 is 49.6. The van der Waals surface area contributed by atoms with Gasteiger partial charge in [0.25, 0.3) is 0 Å². The van der Waals surface area contributed by atoms with E-state index < -0.39 is 51.1 Å². The highest BCUT2D eigenvalue weighted by molar-refractivity contribution is 7.92. The van der Waals surface area contributed by atoms with Gasteiger partial charge in [0, 0.05) is 18.3 Å². The van der Waals surface area contributed by atoms with Crippen LogP contribution < -0.4 is 0 Å². The number of sulfone groups is 1. The monoisotopic (exact) mass is 672 g/mol. The van der Waals surface area contributed by atoms with Gasteiger partial charge in [-0.15, -0.1) is 0 Å². The molecule has 3 saturated carbocycles. The second-order valence-corrected chi connectivity index (χ2v) is 17.2. The zero-order chi connectivity index (χ0) is 34.3. The summed E-state index contributed by atoms with van der Waals surface area (Å²) in [7, 11) is -1.26. The first-order chi connectivity index (χ1) is 22.2. The van der Waals surface area contributed by atoms with E-state index in [1.165, 1.54) is 19.8 Å². The quantitative estimate of drug-likeness (QED) is 0.269. The first kappa shape index (κ1) is 35.5. The average molecular weight is 673 g/mol. The van der Waals surface area contributed by atoms with Crippen LogP contribution in [0, 0.1) is 40.4 Å². The van der Waals surface area contributed by atoms with Crippen molar-refractivity contribution in [1.29, 1.82) is 0 Å². The minimum atomic E-state index is -3.81. The molecule has 0 radical (unpaired) electrons. The first-order valence-corrected chi connectivity index (χ1v) is 18.6. The van der Waals surface area contributed by atoms with Gasteiger partial charge < -0.3 is 24.1 Å². The van der Waals surface area contributed by atoms with Gasteiger partial charge in [0.2, 0.25) is 0 Å². The van der Waals surface area contributed by atoms with Crippen LogP contribution in [0.3, 0.4) is 0 Å². The van der Waals surface area contributed by atoms with Crippen molar-refractivity contribution in [1.82, 2.24) is 0 Å². The molecule has 1 aromatic rings. The molecule has 4 aliphatic carbocycles. The molecule has 47 heavy (non-hydrogen) atoms. The minimum Gasteiger partial charge on any atom is -0.438 e. The van der Waals surface area contributed by atoms with Gasteiger partial charge >= 0.3 is 12.3 Å². The normalized spacial score (nSPS) is 33.6. The van der Waals surface area contributed by atoms with E-state index in [1.807, 2.05) is 20.8 Å². The third-order valence-electron chi connectivity index (χ3n) is 12.2. The fourth-order valence-corrected chi connectivity index (χ4v) is 12.1. The standard InChI is InChI=1S/C37H52O9S/c1-22(2)19-31(38)33(47(41,42)26-11-9-8-10-12-26)23(3)28-15-16-29-27-14-13-24-20-25(45-34(39)43-6)21-32(46-35(40)44-7)37(24,5)30(27)17-18-36(28,29)4/h8-14,22-23,25,28-33,38H,15-21H2,1-7H3/t23-,25-,28+,29-,30-,31?,32-,33?,36+,37-/m0/s1. The van der Waals surface area contributed by atoms with Crippen molar-refractivity contribution in [3.05, 3.63) is 53.6 Å². The number of aliphatic hydroxyl groups excluding tert-OH is 1. The van der Waals surface area contributed by atoms with Crippen molar-refractivity contribution in [3.63, 3.8) is 0 Å². The van der Waals surface area contributed by atoms with Crippen molar-refractivity contribution in [3.8, 4) is 0 Å². The van der Waals surface area contributed by atoms with Gasteiger partial charge in [-0.25, -0.2) is 18.0 Å². The minimum absolute atomic E-state index is 0.0872. The molecule has 0 bridgehead atoms. The van der Waals surface area contributed by atoms with Crippen molar-refractivity contribution in [2.75, 3.05) is 14.2 Å². The number of carbonyl (C=O) groups excluding carboxylic acids is 2. The molecule has 0 saturated heterocycles. The van der Waals surface area contributed by atoms with Crippen LogP contribution >= 0.6 is 0 Å². The van der Waals surface area contributed by atoms with E-state index in [4.69, 9.17) is 18.9 Å². The lowest BCUT2D eigenvalue weighted by Crippen LogP contribution is -2.54. The predicted octanol–water partition coefficient (Wildman–Crippen LogP) is 7.28. The maximum atomic E-state index is 14.2. The molecule has 10 heteroatoms.